The number of esters is 1. The highest BCUT2D eigenvalue weighted by Crippen LogP contribution is 2.29. The van der Waals surface area contributed by atoms with Crippen LogP contribution < -0.4 is 19.6 Å². The first-order valence-electron chi connectivity index (χ1n) is 11.0. The predicted octanol–water partition coefficient (Wildman–Crippen LogP) is 4.96. The molecular formula is C27H28N2O5. The summed E-state index contributed by atoms with van der Waals surface area (Å²) < 4.78 is 16.6. The van der Waals surface area contributed by atoms with Crippen LogP contribution in [0.25, 0.3) is 0 Å². The van der Waals surface area contributed by atoms with Crippen LogP contribution in [0.2, 0.25) is 0 Å². The standard InChI is InChI=1S/C27H28N2O5/c1-4-32-25-16-20(10-15-24(25)34-27(31)22-8-6-5-7-9-22)17-28-29-26(30)18-33-23-13-11-21(12-14-23)19(2)3/h5-17,19H,4,18H2,1-3H3,(H,29,30). The first-order valence-corrected chi connectivity index (χ1v) is 11.0. The Morgan fingerprint density at radius 3 is 2.35 bits per heavy atom. The molecule has 7 heteroatoms. The Balaban J connectivity index is 1.55. The lowest BCUT2D eigenvalue weighted by Crippen LogP contribution is -2.24. The van der Waals surface area contributed by atoms with E-state index in [9.17, 15) is 9.59 Å². The molecule has 0 aliphatic heterocycles. The van der Waals surface area contributed by atoms with Crippen molar-refractivity contribution in [1.29, 1.82) is 0 Å². The molecule has 7 nitrogen and oxygen atoms in total. The van der Waals surface area contributed by atoms with E-state index in [1.807, 2.05) is 37.3 Å². The molecule has 0 heterocycles. The molecule has 0 atom stereocenters. The van der Waals surface area contributed by atoms with Crippen LogP contribution in [0, 0.1) is 0 Å². The highest BCUT2D eigenvalue weighted by atomic mass is 16.6. The number of nitrogens with zero attached hydrogens (tertiary/aromatic N) is 1. The zero-order valence-electron chi connectivity index (χ0n) is 19.5. The van der Waals surface area contributed by atoms with Crippen LogP contribution in [0.3, 0.4) is 0 Å². The molecule has 0 fully saturated rings. The van der Waals surface area contributed by atoms with E-state index >= 15 is 0 Å². The van der Waals surface area contributed by atoms with Crippen LogP contribution in [0.4, 0.5) is 0 Å². The van der Waals surface area contributed by atoms with E-state index in [0.717, 1.165) is 0 Å². The molecular weight excluding hydrogens is 432 g/mol. The molecule has 34 heavy (non-hydrogen) atoms. The van der Waals surface area contributed by atoms with Gasteiger partial charge in [0.25, 0.3) is 5.91 Å². The van der Waals surface area contributed by atoms with Crippen LogP contribution in [-0.4, -0.2) is 31.3 Å². The number of hydrazone groups is 1. The molecule has 3 aromatic carbocycles. The lowest BCUT2D eigenvalue weighted by Gasteiger charge is -2.11. The highest BCUT2D eigenvalue weighted by molar-refractivity contribution is 5.91. The first kappa shape index (κ1) is 24.5. The van der Waals surface area contributed by atoms with Crippen molar-refractivity contribution in [2.75, 3.05) is 13.2 Å². The Hall–Kier alpha value is -4.13. The van der Waals surface area contributed by atoms with Crippen LogP contribution in [0.1, 0.15) is 48.2 Å². The van der Waals surface area contributed by atoms with E-state index in [1.165, 1.54) is 11.8 Å². The van der Waals surface area contributed by atoms with E-state index < -0.39 is 5.97 Å². The quantitative estimate of drug-likeness (QED) is 0.200. The van der Waals surface area contributed by atoms with Crippen molar-refractivity contribution in [3.8, 4) is 17.2 Å². The van der Waals surface area contributed by atoms with Gasteiger partial charge in [-0.3, -0.25) is 4.79 Å². The number of carbonyl (C=O) groups is 2. The van der Waals surface area contributed by atoms with E-state index in [4.69, 9.17) is 14.2 Å². The number of hydrogen-bond donors (Lipinski definition) is 1. The summed E-state index contributed by atoms with van der Waals surface area (Å²) in [5, 5.41) is 3.96. The van der Waals surface area contributed by atoms with Gasteiger partial charge in [0.05, 0.1) is 18.4 Å². The third-order valence-electron chi connectivity index (χ3n) is 4.80. The number of carbonyl (C=O) groups excluding carboxylic acids is 2. The summed E-state index contributed by atoms with van der Waals surface area (Å²) in [5.41, 5.74) is 4.73. The SMILES string of the molecule is CCOc1cc(C=NNC(=O)COc2ccc(C(C)C)cc2)ccc1OC(=O)c1ccccc1. The average Bonchev–Trinajstić information content (AvgIpc) is 2.85. The molecule has 0 unspecified atom stereocenters. The molecule has 0 aromatic heterocycles. The lowest BCUT2D eigenvalue weighted by atomic mass is 10.0. The molecule has 0 aliphatic rings. The second kappa shape index (κ2) is 12.2. The largest absolute Gasteiger partial charge is 0.490 e. The van der Waals surface area contributed by atoms with Gasteiger partial charge in [-0.25, -0.2) is 10.2 Å². The summed E-state index contributed by atoms with van der Waals surface area (Å²) in [6, 6.07) is 21.4. The van der Waals surface area contributed by atoms with Gasteiger partial charge in [-0.2, -0.15) is 5.10 Å². The fourth-order valence-electron chi connectivity index (χ4n) is 3.00. The van der Waals surface area contributed by atoms with Gasteiger partial charge in [-0.15, -0.1) is 0 Å². The topological polar surface area (TPSA) is 86.2 Å². The molecule has 0 aliphatic carbocycles. The fraction of sp³-hybridized carbons (Fsp3) is 0.222. The van der Waals surface area contributed by atoms with Crippen molar-refractivity contribution in [3.05, 3.63) is 89.5 Å². The van der Waals surface area contributed by atoms with Crippen molar-refractivity contribution in [1.82, 2.24) is 5.43 Å². The number of nitrogens with one attached hydrogen (secondary N) is 1. The summed E-state index contributed by atoms with van der Waals surface area (Å²) in [6.45, 7) is 6.30. The number of hydrogen-bond acceptors (Lipinski definition) is 6. The van der Waals surface area contributed by atoms with E-state index in [0.29, 0.717) is 40.9 Å². The van der Waals surface area contributed by atoms with Crippen molar-refractivity contribution in [2.45, 2.75) is 26.7 Å². The van der Waals surface area contributed by atoms with Gasteiger partial charge in [0, 0.05) is 0 Å². The van der Waals surface area contributed by atoms with Gasteiger partial charge in [-0.05, 0) is 66.4 Å². The summed E-state index contributed by atoms with van der Waals surface area (Å²) in [6.07, 6.45) is 1.47. The number of amides is 1. The molecule has 0 spiro atoms. The molecule has 0 bridgehead atoms. The Morgan fingerprint density at radius 2 is 1.68 bits per heavy atom. The van der Waals surface area contributed by atoms with Gasteiger partial charge >= 0.3 is 5.97 Å². The monoisotopic (exact) mass is 460 g/mol. The predicted molar refractivity (Wildman–Crippen MR) is 131 cm³/mol. The third kappa shape index (κ3) is 7.20. The second-order valence-corrected chi connectivity index (χ2v) is 7.70. The highest BCUT2D eigenvalue weighted by Gasteiger charge is 2.13. The summed E-state index contributed by atoms with van der Waals surface area (Å²) in [4.78, 5) is 24.4. The zero-order chi connectivity index (χ0) is 24.3. The normalized spacial score (nSPS) is 10.8. The van der Waals surface area contributed by atoms with Crippen molar-refractivity contribution < 1.29 is 23.8 Å². The number of ether oxygens (including phenoxy) is 3. The van der Waals surface area contributed by atoms with Gasteiger partial charge in [-0.1, -0.05) is 44.2 Å². The average molecular weight is 461 g/mol. The number of rotatable bonds is 10. The van der Waals surface area contributed by atoms with Crippen molar-refractivity contribution >= 4 is 18.1 Å². The maximum Gasteiger partial charge on any atom is 0.343 e. The minimum atomic E-state index is -0.478. The maximum atomic E-state index is 12.3. The summed E-state index contributed by atoms with van der Waals surface area (Å²) in [5.74, 6) is 0.881. The smallest absolute Gasteiger partial charge is 0.343 e. The first-order chi connectivity index (χ1) is 16.5. The summed E-state index contributed by atoms with van der Waals surface area (Å²) in [7, 11) is 0. The van der Waals surface area contributed by atoms with Crippen LogP contribution in [0.5, 0.6) is 17.2 Å². The van der Waals surface area contributed by atoms with Crippen LogP contribution in [0.15, 0.2) is 77.9 Å². The molecule has 0 saturated carbocycles. The molecule has 3 aromatic rings. The number of benzene rings is 3. The van der Waals surface area contributed by atoms with Crippen LogP contribution >= 0.6 is 0 Å². The zero-order valence-corrected chi connectivity index (χ0v) is 19.5. The van der Waals surface area contributed by atoms with Crippen molar-refractivity contribution in [2.24, 2.45) is 5.10 Å². The molecule has 176 valence electrons. The Morgan fingerprint density at radius 1 is 0.941 bits per heavy atom. The Labute approximate surface area is 199 Å². The fourth-order valence-corrected chi connectivity index (χ4v) is 3.00. The molecule has 1 amide bonds. The van der Waals surface area contributed by atoms with E-state index in [1.54, 1.807) is 42.5 Å². The Kier molecular flexibility index (Phi) is 8.80. The minimum absolute atomic E-state index is 0.156. The Bertz CT molecular complexity index is 1130. The lowest BCUT2D eigenvalue weighted by molar-refractivity contribution is -0.123. The van der Waals surface area contributed by atoms with Crippen molar-refractivity contribution in [3.63, 3.8) is 0 Å². The van der Waals surface area contributed by atoms with Gasteiger partial charge in [0.15, 0.2) is 18.1 Å². The molecule has 0 radical (unpaired) electrons. The van der Waals surface area contributed by atoms with Gasteiger partial charge in [0.2, 0.25) is 0 Å². The van der Waals surface area contributed by atoms with E-state index in [-0.39, 0.29) is 12.5 Å². The molecule has 0 saturated heterocycles. The molecule has 1 N–H and O–H groups in total. The molecule has 3 rings (SSSR count). The minimum Gasteiger partial charge on any atom is -0.490 e. The van der Waals surface area contributed by atoms with Crippen LogP contribution in [-0.2, 0) is 4.79 Å². The van der Waals surface area contributed by atoms with E-state index in [2.05, 4.69) is 24.4 Å². The summed E-state index contributed by atoms with van der Waals surface area (Å²) >= 11 is 0. The van der Waals surface area contributed by atoms with Gasteiger partial charge < -0.3 is 14.2 Å². The van der Waals surface area contributed by atoms with Gasteiger partial charge in [0.1, 0.15) is 5.75 Å². The third-order valence-corrected chi connectivity index (χ3v) is 4.80. The maximum absolute atomic E-state index is 12.3. The second-order valence-electron chi connectivity index (χ2n) is 7.70.